The smallest absolute Gasteiger partial charge is 0.240 e. The lowest BCUT2D eigenvalue weighted by Gasteiger charge is -2.09. The second kappa shape index (κ2) is 6.77. The molecule has 0 aliphatic carbocycles. The topological polar surface area (TPSA) is 66.4 Å². The number of sulfonamides is 1. The maximum Gasteiger partial charge on any atom is 0.240 e. The monoisotopic (exact) mass is 345 g/mol. The SMILES string of the molecule is O=S(=O)(NCc1ccccc1Cl)c1ccc(Cl)c(CO)c1. The minimum atomic E-state index is -3.70. The summed E-state index contributed by atoms with van der Waals surface area (Å²) < 4.78 is 26.9. The summed E-state index contributed by atoms with van der Waals surface area (Å²) in [5.74, 6) is 0. The van der Waals surface area contributed by atoms with E-state index in [0.29, 0.717) is 21.2 Å². The van der Waals surface area contributed by atoms with Gasteiger partial charge in [-0.05, 0) is 35.4 Å². The summed E-state index contributed by atoms with van der Waals surface area (Å²) in [5.41, 5.74) is 1.04. The molecule has 0 radical (unpaired) electrons. The molecule has 2 aromatic rings. The number of benzene rings is 2. The number of hydrogen-bond donors (Lipinski definition) is 2. The van der Waals surface area contributed by atoms with Crippen molar-refractivity contribution < 1.29 is 13.5 Å². The van der Waals surface area contributed by atoms with Gasteiger partial charge in [-0.1, -0.05) is 41.4 Å². The molecule has 0 atom stereocenters. The first-order valence-electron chi connectivity index (χ1n) is 6.06. The lowest BCUT2D eigenvalue weighted by atomic mass is 10.2. The van der Waals surface area contributed by atoms with E-state index < -0.39 is 10.0 Å². The summed E-state index contributed by atoms with van der Waals surface area (Å²) >= 11 is 11.8. The van der Waals surface area contributed by atoms with Crippen molar-refractivity contribution in [3.8, 4) is 0 Å². The number of aliphatic hydroxyl groups is 1. The number of halogens is 2. The third-order valence-corrected chi connectivity index (χ3v) is 5.04. The lowest BCUT2D eigenvalue weighted by Crippen LogP contribution is -2.23. The molecule has 112 valence electrons. The Labute approximate surface area is 133 Å². The van der Waals surface area contributed by atoms with Gasteiger partial charge in [-0.15, -0.1) is 0 Å². The maximum absolute atomic E-state index is 12.2. The molecule has 7 heteroatoms. The van der Waals surface area contributed by atoms with Crippen molar-refractivity contribution in [2.24, 2.45) is 0 Å². The molecule has 0 amide bonds. The molecule has 0 aromatic heterocycles. The molecule has 0 heterocycles. The van der Waals surface area contributed by atoms with Crippen LogP contribution in [-0.2, 0) is 23.2 Å². The van der Waals surface area contributed by atoms with Crippen LogP contribution in [-0.4, -0.2) is 13.5 Å². The van der Waals surface area contributed by atoms with E-state index >= 15 is 0 Å². The van der Waals surface area contributed by atoms with Crippen molar-refractivity contribution in [3.63, 3.8) is 0 Å². The molecule has 21 heavy (non-hydrogen) atoms. The normalized spacial score (nSPS) is 11.6. The predicted molar refractivity (Wildman–Crippen MR) is 82.9 cm³/mol. The molecule has 2 rings (SSSR count). The first kappa shape index (κ1) is 16.3. The standard InChI is InChI=1S/C14H13Cl2NO3S/c15-13-4-2-1-3-10(13)8-17-21(19,20)12-5-6-14(16)11(7-12)9-18/h1-7,17-18H,8-9H2. The highest BCUT2D eigenvalue weighted by Crippen LogP contribution is 2.21. The number of aliphatic hydroxyl groups excluding tert-OH is 1. The zero-order valence-electron chi connectivity index (χ0n) is 10.9. The van der Waals surface area contributed by atoms with E-state index in [1.807, 2.05) is 0 Å². The van der Waals surface area contributed by atoms with Gasteiger partial charge in [0.2, 0.25) is 10.0 Å². The Morgan fingerprint density at radius 3 is 2.33 bits per heavy atom. The van der Waals surface area contributed by atoms with Gasteiger partial charge in [0.05, 0.1) is 11.5 Å². The van der Waals surface area contributed by atoms with Crippen molar-refractivity contribution >= 4 is 33.2 Å². The second-order valence-corrected chi connectivity index (χ2v) is 6.91. The summed E-state index contributed by atoms with van der Waals surface area (Å²) in [6.07, 6.45) is 0. The van der Waals surface area contributed by atoms with Gasteiger partial charge in [0.1, 0.15) is 0 Å². The van der Waals surface area contributed by atoms with Gasteiger partial charge in [-0.25, -0.2) is 13.1 Å². The average molecular weight is 346 g/mol. The molecule has 0 saturated heterocycles. The van der Waals surface area contributed by atoms with Crippen LogP contribution in [0.5, 0.6) is 0 Å². The molecule has 0 spiro atoms. The molecular weight excluding hydrogens is 333 g/mol. The minimum Gasteiger partial charge on any atom is -0.392 e. The third kappa shape index (κ3) is 3.96. The van der Waals surface area contributed by atoms with Crippen LogP contribution in [0.25, 0.3) is 0 Å². The summed E-state index contributed by atoms with van der Waals surface area (Å²) in [4.78, 5) is 0.0444. The summed E-state index contributed by atoms with van der Waals surface area (Å²) in [7, 11) is -3.70. The molecule has 0 fully saturated rings. The van der Waals surface area contributed by atoms with Crippen LogP contribution in [0.1, 0.15) is 11.1 Å². The van der Waals surface area contributed by atoms with E-state index in [0.717, 1.165) is 0 Å². The first-order chi connectivity index (χ1) is 9.94. The molecule has 2 N–H and O–H groups in total. The molecule has 0 unspecified atom stereocenters. The molecule has 4 nitrogen and oxygen atoms in total. The van der Waals surface area contributed by atoms with E-state index in [1.54, 1.807) is 24.3 Å². The van der Waals surface area contributed by atoms with Crippen LogP contribution >= 0.6 is 23.2 Å². The summed E-state index contributed by atoms with van der Waals surface area (Å²) in [6.45, 7) is -0.244. The van der Waals surface area contributed by atoms with Gasteiger partial charge in [0.25, 0.3) is 0 Å². The van der Waals surface area contributed by atoms with Crippen molar-refractivity contribution in [2.75, 3.05) is 0 Å². The summed E-state index contributed by atoms with van der Waals surface area (Å²) in [6, 6.07) is 11.2. The maximum atomic E-state index is 12.2. The Hall–Kier alpha value is -1.11. The molecule has 0 aliphatic heterocycles. The van der Waals surface area contributed by atoms with Gasteiger partial charge in [0.15, 0.2) is 0 Å². The van der Waals surface area contributed by atoms with Crippen LogP contribution in [0.4, 0.5) is 0 Å². The van der Waals surface area contributed by atoms with Crippen LogP contribution < -0.4 is 4.72 Å². The fourth-order valence-electron chi connectivity index (χ4n) is 1.74. The number of nitrogens with one attached hydrogen (secondary N) is 1. The van der Waals surface area contributed by atoms with E-state index in [2.05, 4.69) is 4.72 Å². The molecule has 0 aliphatic rings. The largest absolute Gasteiger partial charge is 0.392 e. The predicted octanol–water partition coefficient (Wildman–Crippen LogP) is 2.96. The van der Waals surface area contributed by atoms with Crippen molar-refractivity contribution in [1.82, 2.24) is 4.72 Å². The Balaban J connectivity index is 2.21. The Bertz CT molecular complexity index is 748. The van der Waals surface area contributed by atoms with Gasteiger partial charge >= 0.3 is 0 Å². The highest BCUT2D eigenvalue weighted by atomic mass is 35.5. The van der Waals surface area contributed by atoms with Crippen molar-refractivity contribution in [2.45, 2.75) is 18.0 Å². The van der Waals surface area contributed by atoms with Crippen LogP contribution in [0, 0.1) is 0 Å². The fraction of sp³-hybridized carbons (Fsp3) is 0.143. The van der Waals surface area contributed by atoms with Gasteiger partial charge in [-0.3, -0.25) is 0 Å². The van der Waals surface area contributed by atoms with Gasteiger partial charge < -0.3 is 5.11 Å². The lowest BCUT2D eigenvalue weighted by molar-refractivity contribution is 0.281. The molecule has 2 aromatic carbocycles. The molecule has 0 bridgehead atoms. The van der Waals surface area contributed by atoms with E-state index in [-0.39, 0.29) is 18.0 Å². The van der Waals surface area contributed by atoms with Crippen LogP contribution in [0.2, 0.25) is 10.0 Å². The summed E-state index contributed by atoms with van der Waals surface area (Å²) in [5, 5.41) is 9.95. The number of rotatable bonds is 5. The zero-order valence-corrected chi connectivity index (χ0v) is 13.2. The Morgan fingerprint density at radius 1 is 1.00 bits per heavy atom. The van der Waals surface area contributed by atoms with E-state index in [9.17, 15) is 8.42 Å². The van der Waals surface area contributed by atoms with Crippen LogP contribution in [0.15, 0.2) is 47.4 Å². The van der Waals surface area contributed by atoms with E-state index in [4.69, 9.17) is 28.3 Å². The first-order valence-corrected chi connectivity index (χ1v) is 8.30. The Kier molecular flexibility index (Phi) is 5.24. The van der Waals surface area contributed by atoms with Crippen LogP contribution in [0.3, 0.4) is 0 Å². The molecular formula is C14H13Cl2NO3S. The highest BCUT2D eigenvalue weighted by Gasteiger charge is 2.16. The third-order valence-electron chi connectivity index (χ3n) is 2.91. The highest BCUT2D eigenvalue weighted by molar-refractivity contribution is 7.89. The van der Waals surface area contributed by atoms with Crippen molar-refractivity contribution in [3.05, 3.63) is 63.6 Å². The second-order valence-electron chi connectivity index (χ2n) is 4.33. The quantitative estimate of drug-likeness (QED) is 0.875. The van der Waals surface area contributed by atoms with E-state index in [1.165, 1.54) is 18.2 Å². The zero-order chi connectivity index (χ0) is 15.5. The van der Waals surface area contributed by atoms with Gasteiger partial charge in [0, 0.05) is 16.6 Å². The fourth-order valence-corrected chi connectivity index (χ4v) is 3.17. The average Bonchev–Trinajstić information content (AvgIpc) is 2.46. The minimum absolute atomic E-state index is 0.0444. The van der Waals surface area contributed by atoms with Gasteiger partial charge in [-0.2, -0.15) is 0 Å². The molecule has 0 saturated carbocycles. The Morgan fingerprint density at radius 2 is 1.67 bits per heavy atom. The van der Waals surface area contributed by atoms with Crippen molar-refractivity contribution in [1.29, 1.82) is 0 Å². The number of hydrogen-bond acceptors (Lipinski definition) is 3.